The van der Waals surface area contributed by atoms with Crippen LogP contribution in [-0.2, 0) is 12.8 Å². The second-order valence-electron chi connectivity index (χ2n) is 6.49. The van der Waals surface area contributed by atoms with Crippen molar-refractivity contribution in [1.82, 2.24) is 15.3 Å². The standard InChI is InChI=1S/C16H23N3S/c1-2-15(20-7-1)16-18-10-12-8-11(3-6-14(12)19-16)9-17-13-4-5-13/h10-11,13,15,17H,1-9H2. The van der Waals surface area contributed by atoms with Crippen molar-refractivity contribution in [2.75, 3.05) is 12.3 Å². The smallest absolute Gasteiger partial charge is 0.141 e. The average Bonchev–Trinajstić information content (AvgIpc) is 3.16. The predicted molar refractivity (Wildman–Crippen MR) is 83.0 cm³/mol. The summed E-state index contributed by atoms with van der Waals surface area (Å²) in [5, 5.41) is 4.23. The van der Waals surface area contributed by atoms with Gasteiger partial charge in [-0.15, -0.1) is 0 Å². The maximum absolute atomic E-state index is 4.88. The van der Waals surface area contributed by atoms with E-state index in [9.17, 15) is 0 Å². The Balaban J connectivity index is 1.42. The summed E-state index contributed by atoms with van der Waals surface area (Å²) in [4.78, 5) is 9.55. The third-order valence-corrected chi connectivity index (χ3v) is 6.13. The minimum atomic E-state index is 0.564. The van der Waals surface area contributed by atoms with Gasteiger partial charge in [-0.2, -0.15) is 11.8 Å². The van der Waals surface area contributed by atoms with Gasteiger partial charge in [0.2, 0.25) is 0 Å². The number of nitrogens with one attached hydrogen (secondary N) is 1. The van der Waals surface area contributed by atoms with Crippen molar-refractivity contribution in [3.05, 3.63) is 23.3 Å². The predicted octanol–water partition coefficient (Wildman–Crippen LogP) is 2.90. The lowest BCUT2D eigenvalue weighted by Gasteiger charge is -2.24. The molecule has 1 aromatic rings. The Bertz CT molecular complexity index is 481. The highest BCUT2D eigenvalue weighted by Gasteiger charge is 2.26. The first-order valence-electron chi connectivity index (χ1n) is 8.08. The third kappa shape index (κ3) is 2.86. The van der Waals surface area contributed by atoms with Gasteiger partial charge in [-0.1, -0.05) is 0 Å². The van der Waals surface area contributed by atoms with E-state index in [1.807, 2.05) is 11.8 Å². The van der Waals surface area contributed by atoms with Gasteiger partial charge >= 0.3 is 0 Å². The highest BCUT2D eigenvalue weighted by molar-refractivity contribution is 7.99. The zero-order valence-electron chi connectivity index (χ0n) is 12.0. The van der Waals surface area contributed by atoms with E-state index in [-0.39, 0.29) is 0 Å². The summed E-state index contributed by atoms with van der Waals surface area (Å²) in [6.07, 6.45) is 11.1. The van der Waals surface area contributed by atoms with Gasteiger partial charge < -0.3 is 5.32 Å². The fourth-order valence-corrected chi connectivity index (χ4v) is 4.54. The van der Waals surface area contributed by atoms with Crippen molar-refractivity contribution in [2.45, 2.75) is 56.2 Å². The quantitative estimate of drug-likeness (QED) is 0.925. The molecule has 2 fully saturated rings. The Hall–Kier alpha value is -0.610. The van der Waals surface area contributed by atoms with Gasteiger partial charge in [-0.25, -0.2) is 9.97 Å². The Kier molecular flexibility index (Phi) is 3.69. The summed E-state index contributed by atoms with van der Waals surface area (Å²) in [5.74, 6) is 3.17. The van der Waals surface area contributed by atoms with E-state index in [2.05, 4.69) is 16.5 Å². The lowest BCUT2D eigenvalue weighted by Crippen LogP contribution is -2.29. The van der Waals surface area contributed by atoms with Crippen LogP contribution in [0.3, 0.4) is 0 Å². The Morgan fingerprint density at radius 3 is 3.00 bits per heavy atom. The van der Waals surface area contributed by atoms with Gasteiger partial charge in [-0.3, -0.25) is 0 Å². The van der Waals surface area contributed by atoms with Gasteiger partial charge in [-0.05, 0) is 68.7 Å². The van der Waals surface area contributed by atoms with Crippen LogP contribution in [0.25, 0.3) is 0 Å². The second kappa shape index (κ2) is 5.64. The third-order valence-electron chi connectivity index (χ3n) is 4.76. The molecule has 0 radical (unpaired) electrons. The Morgan fingerprint density at radius 2 is 2.20 bits per heavy atom. The number of hydrogen-bond acceptors (Lipinski definition) is 4. The molecule has 2 unspecified atom stereocenters. The van der Waals surface area contributed by atoms with Crippen molar-refractivity contribution >= 4 is 11.8 Å². The fourth-order valence-electron chi connectivity index (χ4n) is 3.33. The summed E-state index contributed by atoms with van der Waals surface area (Å²) in [6.45, 7) is 1.18. The molecule has 1 aromatic heterocycles. The van der Waals surface area contributed by atoms with Crippen LogP contribution in [0.2, 0.25) is 0 Å². The van der Waals surface area contributed by atoms with Gasteiger partial charge in [0, 0.05) is 17.9 Å². The molecule has 2 atom stereocenters. The van der Waals surface area contributed by atoms with E-state index in [0.29, 0.717) is 5.25 Å². The normalized spacial score (nSPS) is 29.4. The molecule has 0 amide bonds. The van der Waals surface area contributed by atoms with Gasteiger partial charge in [0.15, 0.2) is 0 Å². The molecule has 1 saturated heterocycles. The van der Waals surface area contributed by atoms with Crippen molar-refractivity contribution in [2.24, 2.45) is 5.92 Å². The second-order valence-corrected chi connectivity index (χ2v) is 7.80. The number of aryl methyl sites for hydroxylation is 1. The Morgan fingerprint density at radius 1 is 1.25 bits per heavy atom. The summed E-state index contributed by atoms with van der Waals surface area (Å²) in [6, 6.07) is 0.828. The lowest BCUT2D eigenvalue weighted by atomic mass is 9.87. The van der Waals surface area contributed by atoms with Crippen LogP contribution in [0.1, 0.15) is 54.4 Å². The molecular weight excluding hydrogens is 266 g/mol. The van der Waals surface area contributed by atoms with E-state index < -0.39 is 0 Å². The molecule has 4 heteroatoms. The first-order chi connectivity index (χ1) is 9.88. The molecule has 3 aliphatic rings. The van der Waals surface area contributed by atoms with E-state index >= 15 is 0 Å². The summed E-state index contributed by atoms with van der Waals surface area (Å²) in [7, 11) is 0. The topological polar surface area (TPSA) is 37.8 Å². The van der Waals surface area contributed by atoms with Crippen LogP contribution in [0.15, 0.2) is 6.20 Å². The molecular formula is C16H23N3S. The summed E-state index contributed by atoms with van der Waals surface area (Å²) in [5.41, 5.74) is 2.75. The minimum Gasteiger partial charge on any atom is -0.314 e. The fraction of sp³-hybridized carbons (Fsp3) is 0.750. The lowest BCUT2D eigenvalue weighted by molar-refractivity contribution is 0.417. The van der Waals surface area contributed by atoms with Crippen molar-refractivity contribution in [1.29, 1.82) is 0 Å². The van der Waals surface area contributed by atoms with Crippen LogP contribution in [0.4, 0.5) is 0 Å². The molecule has 1 saturated carbocycles. The molecule has 108 valence electrons. The van der Waals surface area contributed by atoms with Crippen LogP contribution >= 0.6 is 11.8 Å². The van der Waals surface area contributed by atoms with Gasteiger partial charge in [0.05, 0.1) is 5.25 Å². The van der Waals surface area contributed by atoms with E-state index in [0.717, 1.165) is 24.2 Å². The number of aromatic nitrogens is 2. The van der Waals surface area contributed by atoms with E-state index in [1.165, 1.54) is 62.1 Å². The highest BCUT2D eigenvalue weighted by atomic mass is 32.2. The summed E-state index contributed by atoms with van der Waals surface area (Å²) < 4.78 is 0. The van der Waals surface area contributed by atoms with E-state index in [1.54, 1.807) is 0 Å². The van der Waals surface area contributed by atoms with E-state index in [4.69, 9.17) is 4.98 Å². The van der Waals surface area contributed by atoms with Crippen LogP contribution in [0.5, 0.6) is 0 Å². The van der Waals surface area contributed by atoms with Crippen LogP contribution in [-0.4, -0.2) is 28.3 Å². The first-order valence-corrected chi connectivity index (χ1v) is 9.13. The number of rotatable bonds is 4. The van der Waals surface area contributed by atoms with Crippen molar-refractivity contribution in [3.63, 3.8) is 0 Å². The first kappa shape index (κ1) is 13.1. The number of hydrogen-bond donors (Lipinski definition) is 1. The number of nitrogens with zero attached hydrogens (tertiary/aromatic N) is 2. The maximum Gasteiger partial charge on any atom is 0.141 e. The molecule has 4 rings (SSSR count). The molecule has 2 heterocycles. The number of fused-ring (bicyclic) bond motifs is 1. The molecule has 2 aliphatic carbocycles. The van der Waals surface area contributed by atoms with Crippen LogP contribution in [0, 0.1) is 5.92 Å². The molecule has 1 aliphatic heterocycles. The molecule has 1 N–H and O–H groups in total. The summed E-state index contributed by atoms with van der Waals surface area (Å²) >= 11 is 2.03. The largest absolute Gasteiger partial charge is 0.314 e. The van der Waals surface area contributed by atoms with Gasteiger partial charge in [0.25, 0.3) is 0 Å². The van der Waals surface area contributed by atoms with Crippen molar-refractivity contribution in [3.8, 4) is 0 Å². The van der Waals surface area contributed by atoms with Gasteiger partial charge in [0.1, 0.15) is 5.82 Å². The monoisotopic (exact) mass is 289 g/mol. The zero-order valence-corrected chi connectivity index (χ0v) is 12.8. The molecule has 0 aromatic carbocycles. The molecule has 3 nitrogen and oxygen atoms in total. The zero-order chi connectivity index (χ0) is 13.4. The number of thioether (sulfide) groups is 1. The Labute approximate surface area is 125 Å². The van der Waals surface area contributed by atoms with Crippen LogP contribution < -0.4 is 5.32 Å². The van der Waals surface area contributed by atoms with Crippen molar-refractivity contribution < 1.29 is 0 Å². The maximum atomic E-state index is 4.88. The SMILES string of the molecule is c1nc(C2CCCS2)nc2c1CC(CNC1CC1)CC2. The molecule has 0 bridgehead atoms. The highest BCUT2D eigenvalue weighted by Crippen LogP contribution is 2.38. The molecule has 20 heavy (non-hydrogen) atoms. The minimum absolute atomic E-state index is 0.564. The molecule has 0 spiro atoms. The average molecular weight is 289 g/mol.